The number of rotatable bonds is 13. The van der Waals surface area contributed by atoms with Gasteiger partial charge in [-0.1, -0.05) is 64.7 Å². The third-order valence-corrected chi connectivity index (χ3v) is 5.36. The highest BCUT2D eigenvalue weighted by Gasteiger charge is 2.47. The standard InChI is InChI=1S/C20H39NO6/c1-3-4-5-6-7-8-9-10-11-12-13-21(2)20(26)19-18(25)17(24)16(23)15(14-22)27-19/h15-19,22-25H,3-14H2,1-2H3/t15-,16-,17+,18-,19?/m1/s1. The number of hydrogen-bond donors (Lipinski definition) is 4. The number of hydrogen-bond acceptors (Lipinski definition) is 6. The predicted octanol–water partition coefficient (Wildman–Crippen LogP) is 1.21. The number of ether oxygens (including phenoxy) is 1. The maximum absolute atomic E-state index is 12.5. The van der Waals surface area contributed by atoms with Crippen molar-refractivity contribution in [3.05, 3.63) is 0 Å². The van der Waals surface area contributed by atoms with Gasteiger partial charge in [-0.3, -0.25) is 4.79 Å². The molecule has 0 bridgehead atoms. The normalized spacial score (nSPS) is 28.3. The van der Waals surface area contributed by atoms with E-state index in [-0.39, 0.29) is 0 Å². The van der Waals surface area contributed by atoms with Gasteiger partial charge in [0, 0.05) is 13.6 Å². The molecule has 1 saturated heterocycles. The summed E-state index contributed by atoms with van der Waals surface area (Å²) in [7, 11) is 1.64. The number of nitrogens with zero attached hydrogens (tertiary/aromatic N) is 1. The fourth-order valence-corrected chi connectivity index (χ4v) is 3.47. The van der Waals surface area contributed by atoms with Crippen molar-refractivity contribution in [2.75, 3.05) is 20.2 Å². The lowest BCUT2D eigenvalue weighted by molar-refractivity contribution is -0.230. The average molecular weight is 390 g/mol. The Balaban J connectivity index is 2.22. The van der Waals surface area contributed by atoms with E-state index in [1.165, 1.54) is 49.8 Å². The Morgan fingerprint density at radius 3 is 1.89 bits per heavy atom. The summed E-state index contributed by atoms with van der Waals surface area (Å²) in [6, 6.07) is 0. The van der Waals surface area contributed by atoms with Gasteiger partial charge < -0.3 is 30.1 Å². The van der Waals surface area contributed by atoms with Gasteiger partial charge in [-0.25, -0.2) is 0 Å². The maximum atomic E-state index is 12.5. The van der Waals surface area contributed by atoms with E-state index in [2.05, 4.69) is 6.92 Å². The lowest BCUT2D eigenvalue weighted by atomic mass is 9.94. The largest absolute Gasteiger partial charge is 0.394 e. The second-order valence-corrected chi connectivity index (χ2v) is 7.69. The Hall–Kier alpha value is -0.730. The van der Waals surface area contributed by atoms with Gasteiger partial charge >= 0.3 is 0 Å². The Bertz CT molecular complexity index is 406. The molecule has 1 fully saturated rings. The molecule has 5 atom stereocenters. The molecule has 0 aromatic carbocycles. The first kappa shape index (κ1) is 24.3. The lowest BCUT2D eigenvalue weighted by Crippen LogP contribution is -2.62. The lowest BCUT2D eigenvalue weighted by Gasteiger charge is -2.40. The molecule has 0 spiro atoms. The van der Waals surface area contributed by atoms with Crippen LogP contribution in [0.15, 0.2) is 0 Å². The number of carbonyl (C=O) groups excluding carboxylic acids is 1. The van der Waals surface area contributed by atoms with Crippen LogP contribution in [0.25, 0.3) is 0 Å². The van der Waals surface area contributed by atoms with E-state index in [9.17, 15) is 25.2 Å². The van der Waals surface area contributed by atoms with Gasteiger partial charge in [0.15, 0.2) is 6.10 Å². The molecular weight excluding hydrogens is 350 g/mol. The van der Waals surface area contributed by atoms with Crippen molar-refractivity contribution in [2.24, 2.45) is 0 Å². The Kier molecular flexibility index (Phi) is 12.1. The van der Waals surface area contributed by atoms with E-state index in [1.54, 1.807) is 7.05 Å². The summed E-state index contributed by atoms with van der Waals surface area (Å²) in [5.41, 5.74) is 0. The molecule has 27 heavy (non-hydrogen) atoms. The first-order chi connectivity index (χ1) is 12.9. The highest BCUT2D eigenvalue weighted by atomic mass is 16.5. The average Bonchev–Trinajstić information content (AvgIpc) is 2.67. The van der Waals surface area contributed by atoms with Crippen LogP contribution in [0.2, 0.25) is 0 Å². The fraction of sp³-hybridized carbons (Fsp3) is 0.950. The molecule has 1 amide bonds. The molecule has 0 aromatic heterocycles. The minimum atomic E-state index is -1.52. The van der Waals surface area contributed by atoms with Crippen LogP contribution in [0, 0.1) is 0 Å². The third-order valence-electron chi connectivity index (χ3n) is 5.36. The van der Waals surface area contributed by atoms with Crippen molar-refractivity contribution in [1.82, 2.24) is 4.90 Å². The minimum absolute atomic E-state index is 0.442. The highest BCUT2D eigenvalue weighted by molar-refractivity contribution is 5.81. The summed E-state index contributed by atoms with van der Waals surface area (Å²) in [4.78, 5) is 14.0. The Labute approximate surface area is 163 Å². The number of likely N-dealkylation sites (N-methyl/N-ethyl adjacent to an activating group) is 1. The van der Waals surface area contributed by atoms with Gasteiger partial charge in [-0.05, 0) is 6.42 Å². The van der Waals surface area contributed by atoms with Gasteiger partial charge in [-0.15, -0.1) is 0 Å². The predicted molar refractivity (Wildman–Crippen MR) is 103 cm³/mol. The number of amides is 1. The van der Waals surface area contributed by atoms with Gasteiger partial charge in [0.1, 0.15) is 24.4 Å². The fourth-order valence-electron chi connectivity index (χ4n) is 3.47. The van der Waals surface area contributed by atoms with E-state index in [4.69, 9.17) is 4.74 Å². The molecule has 0 aromatic rings. The molecule has 0 radical (unpaired) electrons. The molecule has 1 heterocycles. The summed E-state index contributed by atoms with van der Waals surface area (Å²) in [6.07, 6.45) is 5.32. The minimum Gasteiger partial charge on any atom is -0.394 e. The van der Waals surface area contributed by atoms with Gasteiger partial charge in [0.2, 0.25) is 0 Å². The second-order valence-electron chi connectivity index (χ2n) is 7.69. The van der Waals surface area contributed by atoms with E-state index in [0.29, 0.717) is 6.54 Å². The Morgan fingerprint density at radius 2 is 1.37 bits per heavy atom. The molecule has 7 nitrogen and oxygen atoms in total. The molecule has 7 heteroatoms. The van der Waals surface area contributed by atoms with Gasteiger partial charge in [0.25, 0.3) is 5.91 Å². The van der Waals surface area contributed by atoms with Crippen LogP contribution in [-0.2, 0) is 9.53 Å². The van der Waals surface area contributed by atoms with Crippen molar-refractivity contribution in [1.29, 1.82) is 0 Å². The molecular formula is C20H39NO6. The quantitative estimate of drug-likeness (QED) is 0.353. The van der Waals surface area contributed by atoms with Crippen molar-refractivity contribution in [2.45, 2.75) is 102 Å². The number of aliphatic hydroxyl groups excluding tert-OH is 4. The number of unbranched alkanes of at least 4 members (excludes halogenated alkanes) is 9. The van der Waals surface area contributed by atoms with Crippen LogP contribution in [-0.4, -0.2) is 82.0 Å². The first-order valence-electron chi connectivity index (χ1n) is 10.5. The second kappa shape index (κ2) is 13.4. The zero-order valence-electron chi connectivity index (χ0n) is 16.9. The van der Waals surface area contributed by atoms with Crippen molar-refractivity contribution >= 4 is 5.91 Å². The topological polar surface area (TPSA) is 110 Å². The van der Waals surface area contributed by atoms with Crippen LogP contribution in [0.3, 0.4) is 0 Å². The van der Waals surface area contributed by atoms with E-state index < -0.39 is 43.0 Å². The summed E-state index contributed by atoms with van der Waals surface area (Å²) >= 11 is 0. The molecule has 0 aliphatic carbocycles. The van der Waals surface area contributed by atoms with Crippen LogP contribution in [0.5, 0.6) is 0 Å². The summed E-state index contributed by atoms with van der Waals surface area (Å²) in [5.74, 6) is -0.442. The van der Waals surface area contributed by atoms with Crippen LogP contribution < -0.4 is 0 Å². The molecule has 1 aliphatic rings. The van der Waals surface area contributed by atoms with Crippen LogP contribution in [0.1, 0.15) is 71.1 Å². The maximum Gasteiger partial charge on any atom is 0.254 e. The smallest absolute Gasteiger partial charge is 0.254 e. The summed E-state index contributed by atoms with van der Waals surface area (Å²) in [6.45, 7) is 2.24. The molecule has 1 aliphatic heterocycles. The molecule has 160 valence electrons. The monoisotopic (exact) mass is 389 g/mol. The SMILES string of the molecule is CCCCCCCCCCCCN(C)C(=O)C1O[C@H](CO)[C@@H](O)[C@H](O)[C@H]1O. The van der Waals surface area contributed by atoms with Crippen molar-refractivity contribution in [3.8, 4) is 0 Å². The third kappa shape index (κ3) is 8.03. The summed E-state index contributed by atoms with van der Waals surface area (Å²) in [5, 5.41) is 38.8. The molecule has 4 N–H and O–H groups in total. The van der Waals surface area contributed by atoms with Crippen molar-refractivity contribution < 1.29 is 30.0 Å². The Morgan fingerprint density at radius 1 is 0.852 bits per heavy atom. The zero-order valence-corrected chi connectivity index (χ0v) is 16.9. The molecule has 1 rings (SSSR count). The summed E-state index contributed by atoms with van der Waals surface area (Å²) < 4.78 is 5.31. The zero-order chi connectivity index (χ0) is 20.2. The molecule has 1 unspecified atom stereocenters. The molecule has 0 saturated carbocycles. The van der Waals surface area contributed by atoms with E-state index in [1.807, 2.05) is 0 Å². The van der Waals surface area contributed by atoms with Gasteiger partial charge in [0.05, 0.1) is 6.61 Å². The van der Waals surface area contributed by atoms with Crippen molar-refractivity contribution in [3.63, 3.8) is 0 Å². The first-order valence-corrected chi connectivity index (χ1v) is 10.5. The van der Waals surface area contributed by atoms with Crippen LogP contribution in [0.4, 0.5) is 0 Å². The van der Waals surface area contributed by atoms with Crippen LogP contribution >= 0.6 is 0 Å². The highest BCUT2D eigenvalue weighted by Crippen LogP contribution is 2.22. The van der Waals surface area contributed by atoms with E-state index in [0.717, 1.165) is 19.3 Å². The van der Waals surface area contributed by atoms with Gasteiger partial charge in [-0.2, -0.15) is 0 Å². The number of aliphatic hydroxyl groups is 4. The number of carbonyl (C=O) groups is 1. The van der Waals surface area contributed by atoms with E-state index >= 15 is 0 Å².